The van der Waals surface area contributed by atoms with Gasteiger partial charge in [0.25, 0.3) is 5.91 Å². The third-order valence-electron chi connectivity index (χ3n) is 5.63. The molecular formula is C30H25BrN2O4. The van der Waals surface area contributed by atoms with Gasteiger partial charge in [0.15, 0.2) is 11.5 Å². The Morgan fingerprint density at radius 1 is 1.00 bits per heavy atom. The average Bonchev–Trinajstić information content (AvgIpc) is 2.92. The van der Waals surface area contributed by atoms with Gasteiger partial charge in [0, 0.05) is 10.2 Å². The van der Waals surface area contributed by atoms with Crippen molar-refractivity contribution in [3.8, 4) is 23.3 Å². The first-order valence-electron chi connectivity index (χ1n) is 11.7. The molecule has 0 bridgehead atoms. The molecule has 6 nitrogen and oxygen atoms in total. The number of ether oxygens (including phenoxy) is 3. The minimum atomic E-state index is -0.520. The molecule has 4 aromatic carbocycles. The number of hydrogen-bond acceptors (Lipinski definition) is 5. The van der Waals surface area contributed by atoms with Gasteiger partial charge in [-0.25, -0.2) is 0 Å². The highest BCUT2D eigenvalue weighted by Crippen LogP contribution is 2.35. The van der Waals surface area contributed by atoms with Crippen molar-refractivity contribution in [3.05, 3.63) is 100 Å². The lowest BCUT2D eigenvalue weighted by molar-refractivity contribution is -0.112. The molecule has 0 spiro atoms. The maximum Gasteiger partial charge on any atom is 0.266 e. The molecule has 1 amide bonds. The first kappa shape index (κ1) is 25.8. The molecule has 0 unspecified atom stereocenters. The second-order valence-corrected chi connectivity index (χ2v) is 8.89. The zero-order valence-corrected chi connectivity index (χ0v) is 22.0. The monoisotopic (exact) mass is 556 g/mol. The number of methoxy groups -OCH3 is 1. The van der Waals surface area contributed by atoms with E-state index in [-0.39, 0.29) is 5.57 Å². The molecule has 1 N–H and O–H groups in total. The van der Waals surface area contributed by atoms with Crippen LogP contribution in [0.3, 0.4) is 0 Å². The van der Waals surface area contributed by atoms with Crippen LogP contribution in [0.5, 0.6) is 17.2 Å². The maximum atomic E-state index is 12.8. The topological polar surface area (TPSA) is 80.6 Å². The Balaban J connectivity index is 1.53. The van der Waals surface area contributed by atoms with E-state index in [1.807, 2.05) is 37.3 Å². The van der Waals surface area contributed by atoms with Gasteiger partial charge >= 0.3 is 0 Å². The highest BCUT2D eigenvalue weighted by molar-refractivity contribution is 9.10. The Kier molecular flexibility index (Phi) is 8.44. The molecular weight excluding hydrogens is 532 g/mol. The Labute approximate surface area is 224 Å². The van der Waals surface area contributed by atoms with Crippen molar-refractivity contribution >= 4 is 44.4 Å². The fourth-order valence-corrected chi connectivity index (χ4v) is 4.25. The van der Waals surface area contributed by atoms with E-state index in [0.717, 1.165) is 16.3 Å². The lowest BCUT2D eigenvalue weighted by atomic mass is 10.1. The molecule has 0 aliphatic heterocycles. The van der Waals surface area contributed by atoms with Gasteiger partial charge in [-0.1, -0.05) is 58.4 Å². The summed E-state index contributed by atoms with van der Waals surface area (Å²) in [6.45, 7) is 2.81. The number of benzene rings is 4. The van der Waals surface area contributed by atoms with Crippen LogP contribution in [0.4, 0.5) is 5.69 Å². The van der Waals surface area contributed by atoms with Crippen molar-refractivity contribution in [1.29, 1.82) is 5.26 Å². The van der Waals surface area contributed by atoms with Crippen molar-refractivity contribution in [1.82, 2.24) is 0 Å². The standard InChI is InChI=1S/C30H25BrN2O4/c1-3-36-25-13-11-24(12-14-25)33-30(34)23(18-32)15-22-16-28(35-2)29(17-27(22)31)37-19-21-9-6-8-20-7-4-5-10-26(20)21/h4-17H,3,19H2,1-2H3,(H,33,34)/b23-15+. The van der Waals surface area contributed by atoms with E-state index < -0.39 is 5.91 Å². The summed E-state index contributed by atoms with van der Waals surface area (Å²) >= 11 is 3.54. The SMILES string of the molecule is CCOc1ccc(NC(=O)/C(C#N)=C/c2cc(OC)c(OCc3cccc4ccccc34)cc2Br)cc1. The minimum Gasteiger partial charge on any atom is -0.494 e. The molecule has 7 heteroatoms. The van der Waals surface area contributed by atoms with Gasteiger partial charge in [0.05, 0.1) is 13.7 Å². The van der Waals surface area contributed by atoms with Gasteiger partial charge in [0.2, 0.25) is 0 Å². The van der Waals surface area contributed by atoms with Crippen molar-refractivity contribution < 1.29 is 19.0 Å². The highest BCUT2D eigenvalue weighted by Gasteiger charge is 2.14. The van der Waals surface area contributed by atoms with Crippen LogP contribution in [0.1, 0.15) is 18.1 Å². The Morgan fingerprint density at radius 2 is 1.76 bits per heavy atom. The fraction of sp³-hybridized carbons (Fsp3) is 0.133. The zero-order chi connectivity index (χ0) is 26.2. The van der Waals surface area contributed by atoms with E-state index in [1.54, 1.807) is 43.5 Å². The van der Waals surface area contributed by atoms with Gasteiger partial charge in [-0.15, -0.1) is 0 Å². The van der Waals surface area contributed by atoms with E-state index in [4.69, 9.17) is 14.2 Å². The van der Waals surface area contributed by atoms with Crippen LogP contribution in [0, 0.1) is 11.3 Å². The molecule has 0 fully saturated rings. The first-order chi connectivity index (χ1) is 18.0. The van der Waals surface area contributed by atoms with E-state index in [9.17, 15) is 10.1 Å². The predicted octanol–water partition coefficient (Wildman–Crippen LogP) is 7.13. The third kappa shape index (κ3) is 6.29. The number of rotatable bonds is 9. The van der Waals surface area contributed by atoms with Crippen molar-refractivity contribution in [3.63, 3.8) is 0 Å². The molecule has 37 heavy (non-hydrogen) atoms. The van der Waals surface area contributed by atoms with E-state index >= 15 is 0 Å². The van der Waals surface area contributed by atoms with Gasteiger partial charge in [-0.3, -0.25) is 4.79 Å². The van der Waals surface area contributed by atoms with Gasteiger partial charge in [-0.2, -0.15) is 5.26 Å². The van der Waals surface area contributed by atoms with E-state index in [1.165, 1.54) is 6.08 Å². The van der Waals surface area contributed by atoms with Crippen molar-refractivity contribution in [2.24, 2.45) is 0 Å². The number of nitriles is 1. The summed E-state index contributed by atoms with van der Waals surface area (Å²) in [6.07, 6.45) is 1.50. The summed E-state index contributed by atoms with van der Waals surface area (Å²) in [5.41, 5.74) is 2.16. The number of halogens is 1. The Hall–Kier alpha value is -4.28. The van der Waals surface area contributed by atoms with Gasteiger partial charge in [0.1, 0.15) is 24.0 Å². The number of nitrogens with one attached hydrogen (secondary N) is 1. The smallest absolute Gasteiger partial charge is 0.266 e. The number of amides is 1. The summed E-state index contributed by atoms with van der Waals surface area (Å²) in [5.74, 6) is 1.21. The van der Waals surface area contributed by atoms with E-state index in [2.05, 4.69) is 39.4 Å². The molecule has 4 aromatic rings. The maximum absolute atomic E-state index is 12.8. The normalized spacial score (nSPS) is 11.0. The van der Waals surface area contributed by atoms with Crippen LogP contribution >= 0.6 is 15.9 Å². The second kappa shape index (κ2) is 12.1. The van der Waals surface area contributed by atoms with Crippen LogP contribution in [0.15, 0.2) is 88.9 Å². The number of carbonyl (C=O) groups excluding carboxylic acids is 1. The molecule has 0 aliphatic rings. The predicted molar refractivity (Wildman–Crippen MR) is 149 cm³/mol. The van der Waals surface area contributed by atoms with Crippen LogP contribution in [0.2, 0.25) is 0 Å². The van der Waals surface area contributed by atoms with Crippen LogP contribution in [0.25, 0.3) is 16.8 Å². The highest BCUT2D eigenvalue weighted by atomic mass is 79.9. The van der Waals surface area contributed by atoms with Crippen molar-refractivity contribution in [2.45, 2.75) is 13.5 Å². The average molecular weight is 557 g/mol. The Bertz CT molecular complexity index is 1480. The summed E-state index contributed by atoms with van der Waals surface area (Å²) < 4.78 is 17.7. The first-order valence-corrected chi connectivity index (χ1v) is 12.4. The minimum absolute atomic E-state index is 0.0546. The number of anilines is 1. The van der Waals surface area contributed by atoms with Crippen LogP contribution < -0.4 is 19.5 Å². The largest absolute Gasteiger partial charge is 0.494 e. The molecule has 0 atom stereocenters. The number of carbonyl (C=O) groups is 1. The summed E-state index contributed by atoms with van der Waals surface area (Å²) in [6, 6.07) is 26.7. The zero-order valence-electron chi connectivity index (χ0n) is 20.5. The quantitative estimate of drug-likeness (QED) is 0.175. The molecule has 0 aromatic heterocycles. The lowest BCUT2D eigenvalue weighted by Crippen LogP contribution is -2.13. The van der Waals surface area contributed by atoms with Gasteiger partial charge < -0.3 is 19.5 Å². The van der Waals surface area contributed by atoms with Crippen LogP contribution in [-0.4, -0.2) is 19.6 Å². The molecule has 0 aliphatic carbocycles. The van der Waals surface area contributed by atoms with Gasteiger partial charge in [-0.05, 0) is 71.3 Å². The second-order valence-electron chi connectivity index (χ2n) is 8.03. The van der Waals surface area contributed by atoms with E-state index in [0.29, 0.717) is 46.2 Å². The summed E-state index contributed by atoms with van der Waals surface area (Å²) in [5, 5.41) is 14.7. The molecule has 0 heterocycles. The fourth-order valence-electron chi connectivity index (χ4n) is 3.81. The summed E-state index contributed by atoms with van der Waals surface area (Å²) in [4.78, 5) is 12.8. The molecule has 0 saturated carbocycles. The molecule has 0 radical (unpaired) electrons. The lowest BCUT2D eigenvalue weighted by Gasteiger charge is -2.14. The molecule has 4 rings (SSSR count). The third-order valence-corrected chi connectivity index (χ3v) is 6.32. The summed E-state index contributed by atoms with van der Waals surface area (Å²) in [7, 11) is 1.55. The number of hydrogen-bond donors (Lipinski definition) is 1. The number of fused-ring (bicyclic) bond motifs is 1. The van der Waals surface area contributed by atoms with Crippen molar-refractivity contribution in [2.75, 3.05) is 19.0 Å². The molecule has 186 valence electrons. The number of nitrogens with zero attached hydrogens (tertiary/aromatic N) is 1. The van der Waals surface area contributed by atoms with Crippen LogP contribution in [-0.2, 0) is 11.4 Å². The molecule has 0 saturated heterocycles. The Morgan fingerprint density at radius 3 is 2.49 bits per heavy atom.